The lowest BCUT2D eigenvalue weighted by Crippen LogP contribution is -2.22. The smallest absolute Gasteiger partial charge is 0.253 e. The van der Waals surface area contributed by atoms with Crippen LogP contribution >= 0.6 is 11.8 Å². The van der Waals surface area contributed by atoms with Crippen LogP contribution in [0.15, 0.2) is 48.3 Å². The van der Waals surface area contributed by atoms with E-state index in [-0.39, 0.29) is 11.7 Å². The van der Waals surface area contributed by atoms with Gasteiger partial charge in [-0.1, -0.05) is 30.0 Å². The lowest BCUT2D eigenvalue weighted by atomic mass is 9.82. The van der Waals surface area contributed by atoms with Crippen molar-refractivity contribution >= 4 is 23.3 Å². The summed E-state index contributed by atoms with van der Waals surface area (Å²) in [5.41, 5.74) is 2.65. The van der Waals surface area contributed by atoms with Gasteiger partial charge in [0, 0.05) is 18.4 Å². The number of ketones is 1. The highest BCUT2D eigenvalue weighted by molar-refractivity contribution is 7.99. The van der Waals surface area contributed by atoms with Crippen LogP contribution in [-0.2, 0) is 6.42 Å². The Balaban J connectivity index is 1.71. The van der Waals surface area contributed by atoms with Crippen LogP contribution in [-0.4, -0.2) is 38.2 Å². The van der Waals surface area contributed by atoms with Crippen molar-refractivity contribution in [3.63, 3.8) is 0 Å². The van der Waals surface area contributed by atoms with Crippen molar-refractivity contribution in [1.29, 1.82) is 0 Å². The highest BCUT2D eigenvalue weighted by atomic mass is 32.2. The first kappa shape index (κ1) is 16.8. The average Bonchev–Trinajstić information content (AvgIpc) is 3.10. The van der Waals surface area contributed by atoms with Crippen LogP contribution in [0.4, 0.5) is 0 Å². The monoisotopic (exact) mass is 366 g/mol. The van der Waals surface area contributed by atoms with Crippen LogP contribution in [0.1, 0.15) is 34.0 Å². The van der Waals surface area contributed by atoms with E-state index in [1.54, 1.807) is 17.8 Å². The van der Waals surface area contributed by atoms with E-state index in [4.69, 9.17) is 4.74 Å². The predicted molar refractivity (Wildman–Crippen MR) is 100 cm³/mol. The molecule has 2 heterocycles. The van der Waals surface area contributed by atoms with Gasteiger partial charge in [0.1, 0.15) is 5.75 Å². The average molecular weight is 366 g/mol. The summed E-state index contributed by atoms with van der Waals surface area (Å²) in [4.78, 5) is 21.4. The summed E-state index contributed by atoms with van der Waals surface area (Å²) in [6.45, 7) is 3.71. The molecule has 0 fully saturated rings. The zero-order chi connectivity index (χ0) is 18.1. The molecule has 0 aliphatic heterocycles. The topological polar surface area (TPSA) is 69.4 Å². The van der Waals surface area contributed by atoms with Crippen molar-refractivity contribution in [2.45, 2.75) is 23.9 Å². The molecule has 2 aromatic heterocycles. The van der Waals surface area contributed by atoms with Crippen LogP contribution in [0.3, 0.4) is 0 Å². The first-order valence-corrected chi connectivity index (χ1v) is 9.33. The van der Waals surface area contributed by atoms with Crippen molar-refractivity contribution in [3.8, 4) is 5.75 Å². The first-order valence-electron chi connectivity index (χ1n) is 8.35. The van der Waals surface area contributed by atoms with E-state index in [0.29, 0.717) is 22.9 Å². The number of nitrogens with zero attached hydrogens (tertiary/aromatic N) is 4. The van der Waals surface area contributed by atoms with E-state index in [2.05, 4.69) is 21.6 Å². The summed E-state index contributed by atoms with van der Waals surface area (Å²) in [6, 6.07) is 7.90. The van der Waals surface area contributed by atoms with Gasteiger partial charge in [0.25, 0.3) is 5.78 Å². The van der Waals surface area contributed by atoms with Crippen LogP contribution in [0, 0.1) is 0 Å². The Bertz CT molecular complexity index is 981. The largest absolute Gasteiger partial charge is 0.497 e. The van der Waals surface area contributed by atoms with E-state index < -0.39 is 0 Å². The third-order valence-electron chi connectivity index (χ3n) is 4.54. The molecule has 1 aromatic carbocycles. The molecule has 4 rings (SSSR count). The second-order valence-corrected chi connectivity index (χ2v) is 7.11. The minimum absolute atomic E-state index is 0.0947. The molecule has 0 amide bonds. The molecule has 3 aromatic rings. The van der Waals surface area contributed by atoms with Gasteiger partial charge < -0.3 is 4.74 Å². The molecule has 26 heavy (non-hydrogen) atoms. The van der Waals surface area contributed by atoms with E-state index in [1.165, 1.54) is 11.8 Å². The lowest BCUT2D eigenvalue weighted by molar-refractivity contribution is 0.0962. The molecule has 0 bridgehead atoms. The van der Waals surface area contributed by atoms with E-state index in [1.807, 2.05) is 30.3 Å². The number of methoxy groups -OCH3 is 1. The number of carbonyl (C=O) groups excluding carboxylic acids is 1. The number of hydrogen-bond donors (Lipinski definition) is 0. The Labute approximate surface area is 155 Å². The summed E-state index contributed by atoms with van der Waals surface area (Å²) >= 11 is 1.50. The fourth-order valence-corrected chi connectivity index (χ4v) is 3.79. The molecule has 0 radical (unpaired) electrons. The number of thioether (sulfide) groups is 1. The van der Waals surface area contributed by atoms with Crippen LogP contribution in [0.5, 0.6) is 5.75 Å². The van der Waals surface area contributed by atoms with Gasteiger partial charge in [-0.05, 0) is 30.0 Å². The lowest BCUT2D eigenvalue weighted by Gasteiger charge is -2.24. The molecule has 1 aliphatic carbocycles. The second kappa shape index (κ2) is 6.92. The van der Waals surface area contributed by atoms with Crippen molar-refractivity contribution < 1.29 is 9.53 Å². The van der Waals surface area contributed by atoms with E-state index in [9.17, 15) is 4.79 Å². The number of rotatable bonds is 5. The van der Waals surface area contributed by atoms with Gasteiger partial charge in [-0.25, -0.2) is 4.98 Å². The van der Waals surface area contributed by atoms with Crippen molar-refractivity contribution in [2.75, 3.05) is 12.9 Å². The highest BCUT2D eigenvalue weighted by Crippen LogP contribution is 2.33. The highest BCUT2D eigenvalue weighted by Gasteiger charge is 2.29. The number of carbonyl (C=O) groups is 1. The van der Waals surface area contributed by atoms with Gasteiger partial charge in [0.2, 0.25) is 5.16 Å². The number of ether oxygens (including phenoxy) is 1. The zero-order valence-electron chi connectivity index (χ0n) is 14.4. The van der Waals surface area contributed by atoms with Gasteiger partial charge in [0.05, 0.1) is 18.4 Å². The quantitative estimate of drug-likeness (QED) is 0.510. The van der Waals surface area contributed by atoms with Crippen LogP contribution in [0.25, 0.3) is 5.78 Å². The third-order valence-corrected chi connectivity index (χ3v) is 5.37. The molecule has 132 valence electrons. The van der Waals surface area contributed by atoms with Crippen LogP contribution in [0.2, 0.25) is 0 Å². The number of aromatic nitrogens is 4. The minimum atomic E-state index is 0.0947. The zero-order valence-corrected chi connectivity index (χ0v) is 15.2. The molecule has 7 heteroatoms. The summed E-state index contributed by atoms with van der Waals surface area (Å²) in [6.07, 6.45) is 4.64. The third kappa shape index (κ3) is 2.99. The fraction of sp³-hybridized carbons (Fsp3) is 0.263. The Kier molecular flexibility index (Phi) is 4.46. The van der Waals surface area contributed by atoms with E-state index >= 15 is 0 Å². The Morgan fingerprint density at radius 3 is 2.88 bits per heavy atom. The maximum Gasteiger partial charge on any atom is 0.253 e. The summed E-state index contributed by atoms with van der Waals surface area (Å²) in [5.74, 6) is 2.27. The predicted octanol–water partition coefficient (Wildman–Crippen LogP) is 3.32. The van der Waals surface area contributed by atoms with Gasteiger partial charge in [-0.2, -0.15) is 9.50 Å². The molecule has 1 unspecified atom stereocenters. The van der Waals surface area contributed by atoms with Gasteiger partial charge in [0.15, 0.2) is 5.78 Å². The minimum Gasteiger partial charge on any atom is -0.497 e. The fourth-order valence-electron chi connectivity index (χ4n) is 3.24. The molecule has 6 nitrogen and oxygen atoms in total. The molecule has 1 aliphatic rings. The van der Waals surface area contributed by atoms with Gasteiger partial charge in [-0.15, -0.1) is 11.7 Å². The summed E-state index contributed by atoms with van der Waals surface area (Å²) in [5, 5.41) is 5.18. The van der Waals surface area contributed by atoms with Crippen LogP contribution < -0.4 is 4.74 Å². The maximum absolute atomic E-state index is 12.7. The van der Waals surface area contributed by atoms with Crippen molar-refractivity contribution in [3.05, 3.63) is 59.9 Å². The summed E-state index contributed by atoms with van der Waals surface area (Å²) < 4.78 is 6.94. The SMILES string of the molecule is C=CCSc1nc2ncc3c(n2n1)CC(c1ccc(OC)cc1)CC3=O. The molecular weight excluding hydrogens is 348 g/mol. The van der Waals surface area contributed by atoms with E-state index in [0.717, 1.165) is 29.2 Å². The molecule has 0 spiro atoms. The molecule has 1 atom stereocenters. The molecule has 0 saturated heterocycles. The van der Waals surface area contributed by atoms with Gasteiger partial charge >= 0.3 is 0 Å². The van der Waals surface area contributed by atoms with Crippen molar-refractivity contribution in [1.82, 2.24) is 19.6 Å². The normalized spacial score (nSPS) is 16.5. The Hall–Kier alpha value is -2.67. The molecule has 0 N–H and O–H groups in total. The number of fused-ring (bicyclic) bond motifs is 3. The number of hydrogen-bond acceptors (Lipinski definition) is 6. The molecular formula is C19H18N4O2S. The number of benzene rings is 1. The van der Waals surface area contributed by atoms with Crippen molar-refractivity contribution in [2.24, 2.45) is 0 Å². The maximum atomic E-state index is 12.7. The summed E-state index contributed by atoms with van der Waals surface area (Å²) in [7, 11) is 1.64. The standard InChI is InChI=1S/C19H18N4O2S/c1-3-8-26-19-21-18-20-11-15-16(23(18)22-19)9-13(10-17(15)24)12-4-6-14(25-2)7-5-12/h3-7,11,13H,1,8-10H2,2H3. The molecule has 0 saturated carbocycles. The number of Topliss-reactive ketones (excluding diaryl/α,β-unsaturated/α-hetero) is 1. The Morgan fingerprint density at radius 1 is 1.35 bits per heavy atom. The van der Waals surface area contributed by atoms with Gasteiger partial charge in [-0.3, -0.25) is 4.79 Å². The Morgan fingerprint density at radius 2 is 2.15 bits per heavy atom. The second-order valence-electron chi connectivity index (χ2n) is 6.13. The first-order chi connectivity index (χ1) is 12.7.